The van der Waals surface area contributed by atoms with Gasteiger partial charge in [0.15, 0.2) is 0 Å². The molecule has 148 valence electrons. The number of aryl methyl sites for hydroxylation is 1. The summed E-state index contributed by atoms with van der Waals surface area (Å²) < 4.78 is 44.3. The Hall–Kier alpha value is -1.97. The van der Waals surface area contributed by atoms with Crippen LogP contribution >= 0.6 is 0 Å². The van der Waals surface area contributed by atoms with Gasteiger partial charge in [-0.25, -0.2) is 0 Å². The van der Waals surface area contributed by atoms with E-state index in [2.05, 4.69) is 39.0 Å². The number of hydrogen-bond acceptors (Lipinski definition) is 1. The molecule has 0 aliphatic carbocycles. The van der Waals surface area contributed by atoms with E-state index in [0.717, 1.165) is 29.0 Å². The van der Waals surface area contributed by atoms with Gasteiger partial charge in [-0.3, -0.25) is 0 Å². The predicted octanol–water partition coefficient (Wildman–Crippen LogP) is 7.06. The van der Waals surface area contributed by atoms with E-state index in [4.69, 9.17) is 4.74 Å². The molecule has 0 unspecified atom stereocenters. The molecule has 27 heavy (non-hydrogen) atoms. The first kappa shape index (κ1) is 21.3. The van der Waals surface area contributed by atoms with Crippen molar-refractivity contribution in [3.63, 3.8) is 0 Å². The molecular formula is C23H29F3O. The van der Waals surface area contributed by atoms with Gasteiger partial charge in [-0.2, -0.15) is 13.2 Å². The molecule has 0 saturated heterocycles. The fraction of sp³-hybridized carbons (Fsp3) is 0.478. The summed E-state index contributed by atoms with van der Waals surface area (Å²) in [6, 6.07) is 11.7. The van der Waals surface area contributed by atoms with Crippen molar-refractivity contribution >= 4 is 0 Å². The minimum absolute atomic E-state index is 0.0469. The van der Waals surface area contributed by atoms with E-state index in [0.29, 0.717) is 13.0 Å². The Labute approximate surface area is 160 Å². The van der Waals surface area contributed by atoms with Crippen molar-refractivity contribution in [1.82, 2.24) is 0 Å². The predicted molar refractivity (Wildman–Crippen MR) is 104 cm³/mol. The van der Waals surface area contributed by atoms with Gasteiger partial charge in [0.05, 0.1) is 12.2 Å². The number of alkyl halides is 3. The molecule has 0 fully saturated rings. The van der Waals surface area contributed by atoms with E-state index >= 15 is 0 Å². The first-order chi connectivity index (χ1) is 12.3. The molecule has 0 N–H and O–H groups in total. The highest BCUT2D eigenvalue weighted by Gasteiger charge is 2.31. The largest absolute Gasteiger partial charge is 0.493 e. The SMILES string of the molecule is Cc1ccc(C(C)(C)C)cc1OCCC(C)(C)c1ccc(C(F)(F)F)cc1. The van der Waals surface area contributed by atoms with Crippen molar-refractivity contribution < 1.29 is 17.9 Å². The standard InChI is InChI=1S/C23H29F3O/c1-16-7-8-19(21(2,3)4)15-20(16)27-14-13-22(5,6)17-9-11-18(12-10-17)23(24,25)26/h7-12,15H,13-14H2,1-6H3. The normalized spacial score (nSPS) is 12.9. The van der Waals surface area contributed by atoms with Gasteiger partial charge in [0.1, 0.15) is 5.75 Å². The first-order valence-corrected chi connectivity index (χ1v) is 9.22. The number of halogens is 3. The maximum Gasteiger partial charge on any atom is 0.416 e. The summed E-state index contributed by atoms with van der Waals surface area (Å²) in [4.78, 5) is 0. The van der Waals surface area contributed by atoms with Crippen LogP contribution in [0.1, 0.15) is 63.3 Å². The number of rotatable bonds is 5. The average molecular weight is 378 g/mol. The zero-order chi connectivity index (χ0) is 20.5. The van der Waals surface area contributed by atoms with Gasteiger partial charge in [-0.05, 0) is 59.1 Å². The molecule has 0 atom stereocenters. The van der Waals surface area contributed by atoms with Crippen LogP contribution in [0.15, 0.2) is 42.5 Å². The minimum atomic E-state index is -4.30. The summed E-state index contributed by atoms with van der Waals surface area (Å²) in [5, 5.41) is 0. The Morgan fingerprint density at radius 3 is 1.81 bits per heavy atom. The van der Waals surface area contributed by atoms with Gasteiger partial charge in [0.2, 0.25) is 0 Å². The quantitative estimate of drug-likeness (QED) is 0.541. The highest BCUT2D eigenvalue weighted by atomic mass is 19.4. The van der Waals surface area contributed by atoms with Gasteiger partial charge in [0, 0.05) is 0 Å². The maximum absolute atomic E-state index is 12.7. The van der Waals surface area contributed by atoms with Crippen LogP contribution in [-0.4, -0.2) is 6.61 Å². The van der Waals surface area contributed by atoms with Crippen molar-refractivity contribution in [2.24, 2.45) is 0 Å². The lowest BCUT2D eigenvalue weighted by atomic mass is 9.81. The molecule has 0 heterocycles. The number of benzene rings is 2. The van der Waals surface area contributed by atoms with Gasteiger partial charge in [0.25, 0.3) is 0 Å². The van der Waals surface area contributed by atoms with Gasteiger partial charge in [-0.1, -0.05) is 58.9 Å². The van der Waals surface area contributed by atoms with Gasteiger partial charge in [-0.15, -0.1) is 0 Å². The molecule has 0 aromatic heterocycles. The zero-order valence-corrected chi connectivity index (χ0v) is 17.0. The highest BCUT2D eigenvalue weighted by molar-refractivity contribution is 5.39. The Balaban J connectivity index is 2.06. The van der Waals surface area contributed by atoms with Crippen LogP contribution in [-0.2, 0) is 17.0 Å². The first-order valence-electron chi connectivity index (χ1n) is 9.22. The Morgan fingerprint density at radius 1 is 0.778 bits per heavy atom. The topological polar surface area (TPSA) is 9.23 Å². The lowest BCUT2D eigenvalue weighted by Gasteiger charge is -2.26. The maximum atomic E-state index is 12.7. The van der Waals surface area contributed by atoms with E-state index in [1.165, 1.54) is 5.56 Å². The Morgan fingerprint density at radius 2 is 1.30 bits per heavy atom. The fourth-order valence-electron chi connectivity index (χ4n) is 2.89. The van der Waals surface area contributed by atoms with E-state index in [1.807, 2.05) is 20.8 Å². The average Bonchev–Trinajstić information content (AvgIpc) is 2.54. The number of ether oxygens (including phenoxy) is 1. The third-order valence-corrected chi connectivity index (χ3v) is 5.03. The molecule has 0 aliphatic rings. The second-order valence-corrected chi connectivity index (χ2v) is 8.79. The summed E-state index contributed by atoms with van der Waals surface area (Å²) >= 11 is 0. The lowest BCUT2D eigenvalue weighted by molar-refractivity contribution is -0.137. The van der Waals surface area contributed by atoms with Gasteiger partial charge < -0.3 is 4.74 Å². The summed E-state index contributed by atoms with van der Waals surface area (Å²) in [6.45, 7) is 13.1. The minimum Gasteiger partial charge on any atom is -0.493 e. The summed E-state index contributed by atoms with van der Waals surface area (Å²) in [5.41, 5.74) is 2.32. The van der Waals surface area contributed by atoms with Crippen molar-refractivity contribution in [3.05, 3.63) is 64.7 Å². The molecule has 0 saturated carbocycles. The molecule has 2 rings (SSSR count). The molecular weight excluding hydrogens is 349 g/mol. The van der Waals surface area contributed by atoms with Crippen LogP contribution in [0.5, 0.6) is 5.75 Å². The smallest absolute Gasteiger partial charge is 0.416 e. The van der Waals surface area contributed by atoms with Crippen LogP contribution in [0.25, 0.3) is 0 Å². The Kier molecular flexibility index (Phi) is 5.98. The molecule has 4 heteroatoms. The van der Waals surface area contributed by atoms with Crippen molar-refractivity contribution in [2.45, 2.75) is 65.0 Å². The zero-order valence-electron chi connectivity index (χ0n) is 17.0. The van der Waals surface area contributed by atoms with E-state index < -0.39 is 11.7 Å². The Bertz CT molecular complexity index is 766. The van der Waals surface area contributed by atoms with Crippen molar-refractivity contribution in [1.29, 1.82) is 0 Å². The van der Waals surface area contributed by atoms with Crippen molar-refractivity contribution in [2.75, 3.05) is 6.61 Å². The molecule has 2 aromatic carbocycles. The fourth-order valence-corrected chi connectivity index (χ4v) is 2.89. The second-order valence-electron chi connectivity index (χ2n) is 8.79. The van der Waals surface area contributed by atoms with Gasteiger partial charge >= 0.3 is 6.18 Å². The molecule has 0 aliphatic heterocycles. The molecule has 0 radical (unpaired) electrons. The second kappa shape index (κ2) is 7.57. The third kappa shape index (κ3) is 5.50. The van der Waals surface area contributed by atoms with Crippen molar-refractivity contribution in [3.8, 4) is 5.75 Å². The summed E-state index contributed by atoms with van der Waals surface area (Å²) in [7, 11) is 0. The lowest BCUT2D eigenvalue weighted by Crippen LogP contribution is -2.21. The highest BCUT2D eigenvalue weighted by Crippen LogP contribution is 2.33. The summed E-state index contributed by atoms with van der Waals surface area (Å²) in [5.74, 6) is 0.866. The van der Waals surface area contributed by atoms with Crippen LogP contribution in [0.2, 0.25) is 0 Å². The molecule has 1 nitrogen and oxygen atoms in total. The van der Waals surface area contributed by atoms with Crippen LogP contribution in [0, 0.1) is 6.92 Å². The third-order valence-electron chi connectivity index (χ3n) is 5.03. The number of hydrogen-bond donors (Lipinski definition) is 0. The summed E-state index contributed by atoms with van der Waals surface area (Å²) in [6.07, 6.45) is -3.60. The molecule has 0 amide bonds. The monoisotopic (exact) mass is 378 g/mol. The molecule has 2 aromatic rings. The van der Waals surface area contributed by atoms with E-state index in [9.17, 15) is 13.2 Å². The van der Waals surface area contributed by atoms with Crippen LogP contribution in [0.4, 0.5) is 13.2 Å². The van der Waals surface area contributed by atoms with E-state index in [1.54, 1.807) is 12.1 Å². The van der Waals surface area contributed by atoms with E-state index in [-0.39, 0.29) is 10.8 Å². The molecule has 0 spiro atoms. The molecule has 0 bridgehead atoms. The van der Waals surface area contributed by atoms with Crippen LogP contribution < -0.4 is 4.74 Å². The van der Waals surface area contributed by atoms with Crippen LogP contribution in [0.3, 0.4) is 0 Å².